The maximum absolute atomic E-state index is 14.0. The number of halogens is 1. The van der Waals surface area contributed by atoms with E-state index in [0.29, 0.717) is 16.8 Å². The SMILES string of the molecule is COC(=O)C1=C(Nc2ccc(C)cc2)C=C(C)C(C(=O)OC)C1c1cccc(F)c1. The van der Waals surface area contributed by atoms with E-state index in [0.717, 1.165) is 11.3 Å². The van der Waals surface area contributed by atoms with E-state index in [-0.39, 0.29) is 5.57 Å². The van der Waals surface area contributed by atoms with Gasteiger partial charge in [0.1, 0.15) is 5.82 Å². The number of carbonyl (C=O) groups excluding carboxylic acids is 2. The number of carbonyl (C=O) groups is 2. The van der Waals surface area contributed by atoms with Crippen molar-refractivity contribution < 1.29 is 23.5 Å². The summed E-state index contributed by atoms with van der Waals surface area (Å²) in [6, 6.07) is 13.6. The fourth-order valence-corrected chi connectivity index (χ4v) is 3.74. The van der Waals surface area contributed by atoms with Crippen LogP contribution in [0.1, 0.15) is 24.0 Å². The molecule has 1 N–H and O–H groups in total. The van der Waals surface area contributed by atoms with Gasteiger partial charge in [-0.15, -0.1) is 0 Å². The van der Waals surface area contributed by atoms with E-state index in [1.54, 1.807) is 25.1 Å². The zero-order valence-electron chi connectivity index (χ0n) is 17.4. The van der Waals surface area contributed by atoms with Gasteiger partial charge in [-0.2, -0.15) is 0 Å². The van der Waals surface area contributed by atoms with Crippen LogP contribution in [0.5, 0.6) is 0 Å². The Labute approximate surface area is 175 Å². The van der Waals surface area contributed by atoms with Crippen LogP contribution in [0.25, 0.3) is 0 Å². The Balaban J connectivity index is 2.21. The highest BCUT2D eigenvalue weighted by atomic mass is 19.1. The fourth-order valence-electron chi connectivity index (χ4n) is 3.74. The quantitative estimate of drug-likeness (QED) is 0.737. The van der Waals surface area contributed by atoms with Gasteiger partial charge in [0.2, 0.25) is 0 Å². The van der Waals surface area contributed by atoms with Gasteiger partial charge in [-0.1, -0.05) is 35.4 Å². The third-order valence-electron chi connectivity index (χ3n) is 5.20. The maximum Gasteiger partial charge on any atom is 0.336 e. The molecule has 0 radical (unpaired) electrons. The standard InChI is InChI=1S/C24H24FNO4/c1-14-8-10-18(11-9-14)26-19-12-15(2)20(23(27)29-3)21(22(19)24(28)30-4)16-6-5-7-17(25)13-16/h5-13,20-21,26H,1-4H3. The third kappa shape index (κ3) is 4.27. The molecule has 0 amide bonds. The third-order valence-corrected chi connectivity index (χ3v) is 5.20. The average molecular weight is 409 g/mol. The molecule has 0 saturated heterocycles. The van der Waals surface area contributed by atoms with Crippen molar-refractivity contribution in [1.29, 1.82) is 0 Å². The summed E-state index contributed by atoms with van der Waals surface area (Å²) in [6.07, 6.45) is 1.74. The lowest BCUT2D eigenvalue weighted by atomic mass is 9.72. The fraction of sp³-hybridized carbons (Fsp3) is 0.250. The largest absolute Gasteiger partial charge is 0.469 e. The minimum Gasteiger partial charge on any atom is -0.469 e. The second-order valence-electron chi connectivity index (χ2n) is 7.23. The van der Waals surface area contributed by atoms with Gasteiger partial charge < -0.3 is 14.8 Å². The molecule has 156 valence electrons. The summed E-state index contributed by atoms with van der Waals surface area (Å²) in [5.74, 6) is -3.11. The number of esters is 2. The van der Waals surface area contributed by atoms with Crippen molar-refractivity contribution in [2.45, 2.75) is 19.8 Å². The van der Waals surface area contributed by atoms with Crippen LogP contribution in [0.15, 0.2) is 71.5 Å². The monoisotopic (exact) mass is 409 g/mol. The van der Waals surface area contributed by atoms with Gasteiger partial charge in [-0.25, -0.2) is 9.18 Å². The summed E-state index contributed by atoms with van der Waals surface area (Å²) >= 11 is 0. The molecule has 3 rings (SSSR count). The zero-order chi connectivity index (χ0) is 21.8. The number of aryl methyl sites for hydroxylation is 1. The molecule has 0 aliphatic heterocycles. The molecule has 0 fully saturated rings. The lowest BCUT2D eigenvalue weighted by Crippen LogP contribution is -2.33. The molecule has 2 unspecified atom stereocenters. The van der Waals surface area contributed by atoms with E-state index in [9.17, 15) is 14.0 Å². The second-order valence-corrected chi connectivity index (χ2v) is 7.23. The minimum atomic E-state index is -0.783. The van der Waals surface area contributed by atoms with Crippen LogP contribution in [-0.2, 0) is 19.1 Å². The predicted molar refractivity (Wildman–Crippen MR) is 112 cm³/mol. The number of nitrogens with one attached hydrogen (secondary N) is 1. The Kier molecular flexibility index (Phi) is 6.35. The van der Waals surface area contributed by atoms with Crippen molar-refractivity contribution in [1.82, 2.24) is 0 Å². The van der Waals surface area contributed by atoms with Crippen molar-refractivity contribution in [2.75, 3.05) is 19.5 Å². The Morgan fingerprint density at radius 3 is 2.30 bits per heavy atom. The normalized spacial score (nSPS) is 18.5. The van der Waals surface area contributed by atoms with Crippen molar-refractivity contribution in [3.8, 4) is 0 Å². The van der Waals surface area contributed by atoms with Gasteiger partial charge in [-0.3, -0.25) is 4.79 Å². The number of methoxy groups -OCH3 is 2. The van der Waals surface area contributed by atoms with E-state index in [1.807, 2.05) is 31.2 Å². The Morgan fingerprint density at radius 1 is 1.00 bits per heavy atom. The van der Waals surface area contributed by atoms with Crippen LogP contribution in [0, 0.1) is 18.7 Å². The second kappa shape index (κ2) is 8.95. The first kappa shape index (κ1) is 21.3. The highest BCUT2D eigenvalue weighted by molar-refractivity contribution is 5.95. The van der Waals surface area contributed by atoms with Gasteiger partial charge in [0.05, 0.1) is 25.7 Å². The molecule has 0 aromatic heterocycles. The topological polar surface area (TPSA) is 64.6 Å². The Hall–Kier alpha value is -3.41. The van der Waals surface area contributed by atoms with Crippen molar-refractivity contribution in [3.05, 3.63) is 88.4 Å². The van der Waals surface area contributed by atoms with E-state index < -0.39 is 29.6 Å². The van der Waals surface area contributed by atoms with E-state index >= 15 is 0 Å². The summed E-state index contributed by atoms with van der Waals surface area (Å²) in [5, 5.41) is 3.25. The molecule has 30 heavy (non-hydrogen) atoms. The maximum atomic E-state index is 14.0. The van der Waals surface area contributed by atoms with E-state index in [1.165, 1.54) is 26.4 Å². The molecule has 5 nitrogen and oxygen atoms in total. The number of hydrogen-bond acceptors (Lipinski definition) is 5. The molecule has 2 aromatic rings. The molecule has 0 saturated carbocycles. The average Bonchev–Trinajstić information content (AvgIpc) is 2.74. The number of rotatable bonds is 5. The lowest BCUT2D eigenvalue weighted by molar-refractivity contribution is -0.144. The highest BCUT2D eigenvalue weighted by Crippen LogP contribution is 2.43. The van der Waals surface area contributed by atoms with Crippen molar-refractivity contribution in [3.63, 3.8) is 0 Å². The molecular formula is C24H24FNO4. The zero-order valence-corrected chi connectivity index (χ0v) is 17.4. The summed E-state index contributed by atoms with van der Waals surface area (Å²) < 4.78 is 24.1. The van der Waals surface area contributed by atoms with Crippen LogP contribution >= 0.6 is 0 Å². The summed E-state index contributed by atoms with van der Waals surface area (Å²) in [4.78, 5) is 25.5. The van der Waals surface area contributed by atoms with Crippen LogP contribution < -0.4 is 5.32 Å². The van der Waals surface area contributed by atoms with E-state index in [4.69, 9.17) is 9.47 Å². The molecule has 2 atom stereocenters. The van der Waals surface area contributed by atoms with Crippen molar-refractivity contribution >= 4 is 17.6 Å². The summed E-state index contributed by atoms with van der Waals surface area (Å²) in [5.41, 5.74) is 3.79. The van der Waals surface area contributed by atoms with Crippen LogP contribution in [0.3, 0.4) is 0 Å². The summed E-state index contributed by atoms with van der Waals surface area (Å²) in [6.45, 7) is 3.77. The number of allylic oxidation sites excluding steroid dienone is 1. The number of benzene rings is 2. The van der Waals surface area contributed by atoms with Crippen LogP contribution in [0.4, 0.5) is 10.1 Å². The first-order valence-corrected chi connectivity index (χ1v) is 9.53. The molecule has 0 bridgehead atoms. The lowest BCUT2D eigenvalue weighted by Gasteiger charge is -2.33. The van der Waals surface area contributed by atoms with Gasteiger partial charge in [0.25, 0.3) is 0 Å². The molecule has 2 aromatic carbocycles. The van der Waals surface area contributed by atoms with E-state index in [2.05, 4.69) is 5.32 Å². The molecule has 6 heteroatoms. The van der Waals surface area contributed by atoms with Gasteiger partial charge in [-0.05, 0) is 49.8 Å². The van der Waals surface area contributed by atoms with Gasteiger partial charge in [0, 0.05) is 17.3 Å². The number of anilines is 1. The highest BCUT2D eigenvalue weighted by Gasteiger charge is 2.42. The Morgan fingerprint density at radius 2 is 1.70 bits per heavy atom. The smallest absolute Gasteiger partial charge is 0.336 e. The molecule has 0 spiro atoms. The van der Waals surface area contributed by atoms with Crippen molar-refractivity contribution in [2.24, 2.45) is 5.92 Å². The van der Waals surface area contributed by atoms with Crippen LogP contribution in [-0.4, -0.2) is 26.2 Å². The first-order valence-electron chi connectivity index (χ1n) is 9.53. The molecule has 1 aliphatic rings. The van der Waals surface area contributed by atoms with Gasteiger partial charge in [0.15, 0.2) is 0 Å². The Bertz CT molecular complexity index is 1020. The molecule has 0 heterocycles. The van der Waals surface area contributed by atoms with Gasteiger partial charge >= 0.3 is 11.9 Å². The number of hydrogen-bond donors (Lipinski definition) is 1. The van der Waals surface area contributed by atoms with Crippen LogP contribution in [0.2, 0.25) is 0 Å². The molecular weight excluding hydrogens is 385 g/mol. The first-order chi connectivity index (χ1) is 14.3. The predicted octanol–water partition coefficient (Wildman–Crippen LogP) is 4.51. The minimum absolute atomic E-state index is 0.240. The summed E-state index contributed by atoms with van der Waals surface area (Å²) in [7, 11) is 2.57. The molecule has 1 aliphatic carbocycles. The number of ether oxygens (including phenoxy) is 2.